The summed E-state index contributed by atoms with van der Waals surface area (Å²) in [7, 11) is 0. The van der Waals surface area contributed by atoms with Crippen molar-refractivity contribution in [3.05, 3.63) is 29.3 Å². The molecule has 0 heterocycles. The van der Waals surface area contributed by atoms with Crippen molar-refractivity contribution >= 4 is 6.29 Å². The summed E-state index contributed by atoms with van der Waals surface area (Å²) < 4.78 is 0. The number of phenolic OH excluding ortho intramolecular Hbond substituents is 1. The third kappa shape index (κ3) is 1.52. The van der Waals surface area contributed by atoms with Crippen molar-refractivity contribution in [2.45, 2.75) is 31.6 Å². The second kappa shape index (κ2) is 3.82. The Morgan fingerprint density at radius 1 is 1.50 bits per heavy atom. The Hall–Kier alpha value is -1.31. The van der Waals surface area contributed by atoms with Crippen LogP contribution < -0.4 is 0 Å². The fraction of sp³-hybridized carbons (Fsp3) is 0.417. The van der Waals surface area contributed by atoms with Crippen LogP contribution in [0.2, 0.25) is 0 Å². The summed E-state index contributed by atoms with van der Waals surface area (Å²) in [6.07, 6.45) is 4.63. The van der Waals surface area contributed by atoms with Crippen molar-refractivity contribution in [2.24, 2.45) is 0 Å². The van der Waals surface area contributed by atoms with E-state index in [2.05, 4.69) is 0 Å². The lowest BCUT2D eigenvalue weighted by Gasteiger charge is -2.24. The zero-order chi connectivity index (χ0) is 9.97. The largest absolute Gasteiger partial charge is 0.508 e. The lowest BCUT2D eigenvalue weighted by molar-refractivity contribution is -0.108. The van der Waals surface area contributed by atoms with Crippen molar-refractivity contribution in [2.75, 3.05) is 0 Å². The number of phenols is 1. The molecule has 1 N–H and O–H groups in total. The molecule has 1 atom stereocenters. The molecule has 0 radical (unpaired) electrons. The highest BCUT2D eigenvalue weighted by Gasteiger charge is 2.21. The zero-order valence-electron chi connectivity index (χ0n) is 8.07. The van der Waals surface area contributed by atoms with Gasteiger partial charge in [-0.15, -0.1) is 0 Å². The minimum Gasteiger partial charge on any atom is -0.508 e. The van der Waals surface area contributed by atoms with Crippen molar-refractivity contribution < 1.29 is 9.90 Å². The van der Waals surface area contributed by atoms with Gasteiger partial charge in [0.2, 0.25) is 0 Å². The highest BCUT2D eigenvalue weighted by atomic mass is 16.3. The molecule has 2 rings (SSSR count). The molecule has 1 aliphatic carbocycles. The van der Waals surface area contributed by atoms with E-state index in [0.717, 1.165) is 31.1 Å². The number of aromatic hydroxyl groups is 1. The summed E-state index contributed by atoms with van der Waals surface area (Å²) in [5.41, 5.74) is 2.22. The quantitative estimate of drug-likeness (QED) is 0.727. The Labute approximate surface area is 83.6 Å². The molecule has 0 saturated heterocycles. The van der Waals surface area contributed by atoms with E-state index in [1.807, 2.05) is 12.1 Å². The standard InChI is InChI=1S/C12H14O2/c13-8-7-9-3-1-5-11-10(9)4-2-6-12(11)14/h2,4,6,8-9,14H,1,3,5,7H2. The molecular weight excluding hydrogens is 176 g/mol. The first kappa shape index (κ1) is 9.25. The Bertz CT molecular complexity index is 344. The van der Waals surface area contributed by atoms with Crippen LogP contribution in [0.15, 0.2) is 18.2 Å². The summed E-state index contributed by atoms with van der Waals surface area (Å²) in [6.45, 7) is 0. The lowest BCUT2D eigenvalue weighted by Crippen LogP contribution is -2.10. The predicted molar refractivity (Wildman–Crippen MR) is 54.5 cm³/mol. The van der Waals surface area contributed by atoms with Gasteiger partial charge in [-0.05, 0) is 42.4 Å². The second-order valence-electron chi connectivity index (χ2n) is 3.84. The van der Waals surface area contributed by atoms with Crippen LogP contribution in [-0.4, -0.2) is 11.4 Å². The molecule has 0 fully saturated rings. The van der Waals surface area contributed by atoms with Crippen LogP contribution in [0.25, 0.3) is 0 Å². The van der Waals surface area contributed by atoms with E-state index in [0.29, 0.717) is 18.1 Å². The van der Waals surface area contributed by atoms with Gasteiger partial charge in [-0.2, -0.15) is 0 Å². The molecule has 0 amide bonds. The SMILES string of the molecule is O=CCC1CCCc2c(O)cccc21. The third-order valence-corrected chi connectivity index (χ3v) is 2.99. The molecule has 0 saturated carbocycles. The normalized spacial score (nSPS) is 20.1. The molecule has 0 aromatic heterocycles. The molecule has 0 spiro atoms. The van der Waals surface area contributed by atoms with Crippen LogP contribution in [0.4, 0.5) is 0 Å². The monoisotopic (exact) mass is 190 g/mol. The summed E-state index contributed by atoms with van der Waals surface area (Å²) in [6, 6.07) is 5.61. The van der Waals surface area contributed by atoms with Crippen molar-refractivity contribution in [3.8, 4) is 5.75 Å². The highest BCUT2D eigenvalue weighted by molar-refractivity contribution is 5.53. The average molecular weight is 190 g/mol. The smallest absolute Gasteiger partial charge is 0.120 e. The lowest BCUT2D eigenvalue weighted by atomic mass is 9.81. The number of fused-ring (bicyclic) bond motifs is 1. The molecule has 1 aromatic carbocycles. The van der Waals surface area contributed by atoms with Crippen LogP contribution in [0.3, 0.4) is 0 Å². The molecule has 14 heavy (non-hydrogen) atoms. The Morgan fingerprint density at radius 2 is 2.36 bits per heavy atom. The van der Waals surface area contributed by atoms with Gasteiger partial charge >= 0.3 is 0 Å². The van der Waals surface area contributed by atoms with Gasteiger partial charge in [-0.1, -0.05) is 12.1 Å². The van der Waals surface area contributed by atoms with E-state index in [9.17, 15) is 9.90 Å². The topological polar surface area (TPSA) is 37.3 Å². The Morgan fingerprint density at radius 3 is 3.14 bits per heavy atom. The van der Waals surface area contributed by atoms with E-state index in [4.69, 9.17) is 0 Å². The van der Waals surface area contributed by atoms with Crippen molar-refractivity contribution in [1.29, 1.82) is 0 Å². The molecule has 74 valence electrons. The number of rotatable bonds is 2. The maximum Gasteiger partial charge on any atom is 0.120 e. The maximum absolute atomic E-state index is 10.5. The van der Waals surface area contributed by atoms with E-state index >= 15 is 0 Å². The molecule has 0 aliphatic heterocycles. The minimum atomic E-state index is 0.323. The number of benzene rings is 1. The second-order valence-corrected chi connectivity index (χ2v) is 3.84. The summed E-state index contributed by atoms with van der Waals surface area (Å²) >= 11 is 0. The summed E-state index contributed by atoms with van der Waals surface area (Å²) in [4.78, 5) is 10.5. The molecule has 2 heteroatoms. The van der Waals surface area contributed by atoms with Gasteiger partial charge in [0.15, 0.2) is 0 Å². The van der Waals surface area contributed by atoms with Crippen LogP contribution in [-0.2, 0) is 11.2 Å². The molecule has 2 nitrogen and oxygen atoms in total. The van der Waals surface area contributed by atoms with Gasteiger partial charge in [0.25, 0.3) is 0 Å². The van der Waals surface area contributed by atoms with Crippen LogP contribution in [0.1, 0.15) is 36.3 Å². The van der Waals surface area contributed by atoms with Gasteiger partial charge < -0.3 is 9.90 Å². The number of carbonyl (C=O) groups excluding carboxylic acids is 1. The number of hydrogen-bond donors (Lipinski definition) is 1. The van der Waals surface area contributed by atoms with Crippen LogP contribution in [0, 0.1) is 0 Å². The van der Waals surface area contributed by atoms with E-state index < -0.39 is 0 Å². The molecule has 1 aliphatic rings. The first-order valence-corrected chi connectivity index (χ1v) is 5.07. The van der Waals surface area contributed by atoms with Crippen molar-refractivity contribution in [3.63, 3.8) is 0 Å². The van der Waals surface area contributed by atoms with Crippen LogP contribution in [0.5, 0.6) is 5.75 Å². The van der Waals surface area contributed by atoms with Gasteiger partial charge in [0.05, 0.1) is 0 Å². The molecule has 1 aromatic rings. The van der Waals surface area contributed by atoms with E-state index in [1.54, 1.807) is 6.07 Å². The number of hydrogen-bond acceptors (Lipinski definition) is 2. The number of carbonyl (C=O) groups is 1. The fourth-order valence-electron chi connectivity index (χ4n) is 2.29. The van der Waals surface area contributed by atoms with Gasteiger partial charge in [-0.25, -0.2) is 0 Å². The zero-order valence-corrected chi connectivity index (χ0v) is 8.07. The first-order valence-electron chi connectivity index (χ1n) is 5.07. The van der Waals surface area contributed by atoms with E-state index in [1.165, 1.54) is 5.56 Å². The first-order chi connectivity index (χ1) is 6.83. The van der Waals surface area contributed by atoms with Crippen LogP contribution >= 0.6 is 0 Å². The molecule has 1 unspecified atom stereocenters. The molecule has 0 bridgehead atoms. The molecular formula is C12H14O2. The minimum absolute atomic E-state index is 0.323. The summed E-state index contributed by atoms with van der Waals surface area (Å²) in [5.74, 6) is 0.710. The third-order valence-electron chi connectivity index (χ3n) is 2.99. The average Bonchev–Trinajstić information content (AvgIpc) is 2.20. The van der Waals surface area contributed by atoms with E-state index in [-0.39, 0.29) is 0 Å². The number of aldehydes is 1. The van der Waals surface area contributed by atoms with Crippen molar-refractivity contribution in [1.82, 2.24) is 0 Å². The fourth-order valence-corrected chi connectivity index (χ4v) is 2.29. The van der Waals surface area contributed by atoms with Gasteiger partial charge in [0.1, 0.15) is 12.0 Å². The Balaban J connectivity index is 2.39. The maximum atomic E-state index is 10.5. The highest BCUT2D eigenvalue weighted by Crippen LogP contribution is 2.37. The Kier molecular flexibility index (Phi) is 2.53. The van der Waals surface area contributed by atoms with Gasteiger partial charge in [-0.3, -0.25) is 0 Å². The van der Waals surface area contributed by atoms with Gasteiger partial charge in [0, 0.05) is 6.42 Å². The summed E-state index contributed by atoms with van der Waals surface area (Å²) in [5, 5.41) is 9.65. The predicted octanol–water partition coefficient (Wildman–Crippen LogP) is 2.40.